The lowest BCUT2D eigenvalue weighted by atomic mass is 9.89. The van der Waals surface area contributed by atoms with Crippen molar-refractivity contribution in [1.82, 2.24) is 4.90 Å². The smallest absolute Gasteiger partial charge is 0.337 e. The molecule has 1 aliphatic heterocycles. The molecule has 3 aromatic carbocycles. The van der Waals surface area contributed by atoms with E-state index in [0.717, 1.165) is 22.9 Å². The molecule has 0 aliphatic carbocycles. The molecule has 36 heavy (non-hydrogen) atoms. The van der Waals surface area contributed by atoms with Crippen molar-refractivity contribution < 1.29 is 19.5 Å². The Kier molecular flexibility index (Phi) is 6.76. The lowest BCUT2D eigenvalue weighted by Gasteiger charge is -2.32. The van der Waals surface area contributed by atoms with Crippen LogP contribution in [0.4, 0.5) is 5.69 Å². The van der Waals surface area contributed by atoms with Crippen molar-refractivity contribution in [1.29, 1.82) is 0 Å². The fraction of sp³-hybridized carbons (Fsp3) is 0.179. The van der Waals surface area contributed by atoms with Crippen LogP contribution in [0.5, 0.6) is 0 Å². The van der Waals surface area contributed by atoms with Crippen LogP contribution in [0.15, 0.2) is 72.8 Å². The summed E-state index contributed by atoms with van der Waals surface area (Å²) in [5, 5.41) is 13.9. The third kappa shape index (κ3) is 4.98. The predicted octanol–water partition coefficient (Wildman–Crippen LogP) is 6.53. The summed E-state index contributed by atoms with van der Waals surface area (Å²) in [6.45, 7) is 1.21. The first-order chi connectivity index (χ1) is 17.4. The number of carbonyl (C=O) groups excluding carboxylic acids is 2. The molecular weight excluding hydrogens is 496 g/mol. The maximum absolute atomic E-state index is 13.1. The zero-order chi connectivity index (χ0) is 25.2. The molecule has 5 rings (SSSR count). The van der Waals surface area contributed by atoms with E-state index in [1.165, 1.54) is 29.0 Å². The number of nitrogens with zero attached hydrogens (tertiary/aromatic N) is 1. The number of hydrogen-bond acceptors (Lipinski definition) is 4. The van der Waals surface area contributed by atoms with Crippen LogP contribution in [0.1, 0.15) is 54.7 Å². The Labute approximate surface area is 217 Å². The van der Waals surface area contributed by atoms with E-state index >= 15 is 0 Å². The first-order valence-electron chi connectivity index (χ1n) is 11.6. The summed E-state index contributed by atoms with van der Waals surface area (Å²) in [5.74, 6) is -1.43. The van der Waals surface area contributed by atoms with Crippen molar-refractivity contribution in [2.45, 2.75) is 18.8 Å². The van der Waals surface area contributed by atoms with E-state index < -0.39 is 11.9 Å². The number of nitrogens with one attached hydrogen (secondary N) is 1. The average Bonchev–Trinajstić information content (AvgIpc) is 3.32. The van der Waals surface area contributed by atoms with Crippen molar-refractivity contribution >= 4 is 56.5 Å². The maximum atomic E-state index is 13.1. The Morgan fingerprint density at radius 2 is 1.69 bits per heavy atom. The number of fused-ring (bicyclic) bond motifs is 1. The molecule has 0 saturated carbocycles. The van der Waals surface area contributed by atoms with Gasteiger partial charge in [-0.3, -0.25) is 9.59 Å². The fourth-order valence-electron chi connectivity index (χ4n) is 4.59. The van der Waals surface area contributed by atoms with Crippen LogP contribution >= 0.6 is 22.9 Å². The quantitative estimate of drug-likeness (QED) is 0.314. The molecular formula is C28H23ClN2O4S. The second-order valence-electron chi connectivity index (χ2n) is 8.79. The summed E-state index contributed by atoms with van der Waals surface area (Å²) in [5.41, 5.74) is 1.58. The van der Waals surface area contributed by atoms with Crippen LogP contribution < -0.4 is 5.32 Å². The lowest BCUT2D eigenvalue weighted by molar-refractivity contribution is 0.0698. The molecule has 0 unspecified atom stereocenters. The highest BCUT2D eigenvalue weighted by Crippen LogP contribution is 2.31. The van der Waals surface area contributed by atoms with Gasteiger partial charge in [0.05, 0.1) is 16.1 Å². The minimum atomic E-state index is -1.22. The second-order valence-corrected chi connectivity index (χ2v) is 10.3. The third-order valence-electron chi connectivity index (χ3n) is 6.50. The first kappa shape index (κ1) is 24.0. The van der Waals surface area contributed by atoms with Gasteiger partial charge in [-0.1, -0.05) is 48.0 Å². The average molecular weight is 519 g/mol. The summed E-state index contributed by atoms with van der Waals surface area (Å²) < 4.78 is 0.864. The monoisotopic (exact) mass is 518 g/mol. The van der Waals surface area contributed by atoms with Crippen LogP contribution in [0.25, 0.3) is 10.1 Å². The number of amides is 2. The number of halogens is 1. The molecule has 0 atom stereocenters. The molecule has 6 nitrogen and oxygen atoms in total. The van der Waals surface area contributed by atoms with E-state index in [-0.39, 0.29) is 17.2 Å². The number of rotatable bonds is 5. The lowest BCUT2D eigenvalue weighted by Crippen LogP contribution is -2.38. The minimum Gasteiger partial charge on any atom is -0.478 e. The Hall–Kier alpha value is -3.68. The Morgan fingerprint density at radius 1 is 0.944 bits per heavy atom. The molecule has 2 heterocycles. The van der Waals surface area contributed by atoms with Gasteiger partial charge in [0.1, 0.15) is 0 Å². The number of benzene rings is 3. The van der Waals surface area contributed by atoms with Crippen molar-refractivity contribution in [2.75, 3.05) is 18.4 Å². The number of carboxylic acids is 1. The number of hydrogen-bond donors (Lipinski definition) is 2. The third-order valence-corrected chi connectivity index (χ3v) is 7.84. The molecule has 2 N–H and O–H groups in total. The fourth-order valence-corrected chi connectivity index (χ4v) is 5.82. The van der Waals surface area contributed by atoms with E-state index in [0.29, 0.717) is 34.5 Å². The Bertz CT molecular complexity index is 1460. The van der Waals surface area contributed by atoms with Crippen LogP contribution in [-0.2, 0) is 0 Å². The van der Waals surface area contributed by atoms with Gasteiger partial charge in [-0.25, -0.2) is 4.79 Å². The zero-order valence-corrected chi connectivity index (χ0v) is 20.8. The Balaban J connectivity index is 1.30. The standard InChI is InChI=1S/C28H23ClN2O4S/c29-21-8-6-19-15-25(36-24(19)16-21)26(32)30-23-9-7-20(14-22(23)28(34)35)27(33)31-12-10-18(11-13-31)17-4-2-1-3-5-17/h1-9,14-16,18H,10-13H2,(H,30,32)(H,34,35). The molecule has 8 heteroatoms. The van der Waals surface area contributed by atoms with Gasteiger partial charge in [0, 0.05) is 28.4 Å². The largest absolute Gasteiger partial charge is 0.478 e. The number of likely N-dealkylation sites (tertiary alicyclic amines) is 1. The van der Waals surface area contributed by atoms with Gasteiger partial charge in [-0.05, 0) is 66.1 Å². The van der Waals surface area contributed by atoms with Crippen molar-refractivity contribution in [3.8, 4) is 0 Å². The molecule has 0 bridgehead atoms. The molecule has 2 amide bonds. The van der Waals surface area contributed by atoms with Crippen LogP contribution in [-0.4, -0.2) is 40.9 Å². The minimum absolute atomic E-state index is 0.127. The van der Waals surface area contributed by atoms with E-state index in [9.17, 15) is 19.5 Å². The van der Waals surface area contributed by atoms with Gasteiger partial charge >= 0.3 is 5.97 Å². The number of carbonyl (C=O) groups is 3. The number of thiophene rings is 1. The van der Waals surface area contributed by atoms with Crippen molar-refractivity contribution in [3.05, 3.63) is 99.4 Å². The van der Waals surface area contributed by atoms with Gasteiger partial charge in [0.2, 0.25) is 0 Å². The zero-order valence-electron chi connectivity index (χ0n) is 19.2. The topological polar surface area (TPSA) is 86.7 Å². The predicted molar refractivity (Wildman–Crippen MR) is 143 cm³/mol. The van der Waals surface area contributed by atoms with E-state index in [1.54, 1.807) is 29.2 Å². The summed E-state index contributed by atoms with van der Waals surface area (Å²) in [4.78, 5) is 40.2. The van der Waals surface area contributed by atoms with Gasteiger partial charge in [-0.15, -0.1) is 11.3 Å². The van der Waals surface area contributed by atoms with E-state index in [2.05, 4.69) is 17.4 Å². The Morgan fingerprint density at radius 3 is 2.42 bits per heavy atom. The van der Waals surface area contributed by atoms with E-state index in [1.807, 2.05) is 24.3 Å². The number of carboxylic acid groups (broad SMARTS) is 1. The number of aromatic carboxylic acids is 1. The van der Waals surface area contributed by atoms with Crippen LogP contribution in [0, 0.1) is 0 Å². The molecule has 4 aromatic rings. The van der Waals surface area contributed by atoms with Crippen LogP contribution in [0.3, 0.4) is 0 Å². The molecule has 0 spiro atoms. The molecule has 1 aliphatic rings. The highest BCUT2D eigenvalue weighted by molar-refractivity contribution is 7.21. The van der Waals surface area contributed by atoms with Crippen molar-refractivity contribution in [2.24, 2.45) is 0 Å². The van der Waals surface area contributed by atoms with Gasteiger partial charge in [-0.2, -0.15) is 0 Å². The first-order valence-corrected chi connectivity index (χ1v) is 12.8. The second kappa shape index (κ2) is 10.1. The number of piperidine rings is 1. The van der Waals surface area contributed by atoms with Crippen molar-refractivity contribution in [3.63, 3.8) is 0 Å². The molecule has 182 valence electrons. The normalized spacial score (nSPS) is 14.1. The van der Waals surface area contributed by atoms with Gasteiger partial charge in [0.15, 0.2) is 0 Å². The maximum Gasteiger partial charge on any atom is 0.337 e. The summed E-state index contributed by atoms with van der Waals surface area (Å²) in [6, 6.07) is 21.8. The number of anilines is 1. The molecule has 1 aromatic heterocycles. The molecule has 0 radical (unpaired) electrons. The highest BCUT2D eigenvalue weighted by atomic mass is 35.5. The van der Waals surface area contributed by atoms with Crippen LogP contribution in [0.2, 0.25) is 5.02 Å². The summed E-state index contributed by atoms with van der Waals surface area (Å²) in [6.07, 6.45) is 1.71. The molecule has 1 fully saturated rings. The van der Waals surface area contributed by atoms with Gasteiger partial charge in [0.25, 0.3) is 11.8 Å². The summed E-state index contributed by atoms with van der Waals surface area (Å²) in [7, 11) is 0. The highest BCUT2D eigenvalue weighted by Gasteiger charge is 2.26. The summed E-state index contributed by atoms with van der Waals surface area (Å²) >= 11 is 7.31. The van der Waals surface area contributed by atoms with E-state index in [4.69, 9.17) is 11.6 Å². The molecule has 1 saturated heterocycles. The van der Waals surface area contributed by atoms with Gasteiger partial charge < -0.3 is 15.3 Å². The SMILES string of the molecule is O=C(Nc1ccc(C(=O)N2CCC(c3ccccc3)CC2)cc1C(=O)O)c1cc2ccc(Cl)cc2s1.